The SMILES string of the molecule is N#CCNC(=O)[C@H](Cc1c(F)cccc1F)NC(=O)OCc1ccccc1. The molecule has 0 spiro atoms. The van der Waals surface area contributed by atoms with Gasteiger partial charge in [0.25, 0.3) is 0 Å². The maximum Gasteiger partial charge on any atom is 0.408 e. The van der Waals surface area contributed by atoms with E-state index < -0.39 is 36.1 Å². The second kappa shape index (κ2) is 9.87. The number of hydrogen-bond acceptors (Lipinski definition) is 4. The number of ether oxygens (including phenoxy) is 1. The van der Waals surface area contributed by atoms with E-state index >= 15 is 0 Å². The highest BCUT2D eigenvalue weighted by Gasteiger charge is 2.24. The zero-order valence-electron chi connectivity index (χ0n) is 14.2. The standard InChI is InChI=1S/C19H17F2N3O3/c20-15-7-4-8-16(21)14(15)11-17(18(25)23-10-9-22)24-19(26)27-12-13-5-2-1-3-6-13/h1-8,17H,10-12H2,(H,23,25)(H,24,26)/t17-/m0/s1. The topological polar surface area (TPSA) is 91.2 Å². The highest BCUT2D eigenvalue weighted by Crippen LogP contribution is 2.14. The van der Waals surface area contributed by atoms with E-state index in [4.69, 9.17) is 10.00 Å². The van der Waals surface area contributed by atoms with Gasteiger partial charge in [0.2, 0.25) is 5.91 Å². The molecule has 0 saturated carbocycles. The van der Waals surface area contributed by atoms with Gasteiger partial charge in [0, 0.05) is 12.0 Å². The monoisotopic (exact) mass is 373 g/mol. The first kappa shape index (κ1) is 19.8. The Hall–Kier alpha value is -3.47. The van der Waals surface area contributed by atoms with Gasteiger partial charge in [0.05, 0.1) is 6.07 Å². The molecule has 0 aliphatic carbocycles. The van der Waals surface area contributed by atoms with Crippen LogP contribution < -0.4 is 10.6 Å². The van der Waals surface area contributed by atoms with Crippen LogP contribution in [0.1, 0.15) is 11.1 Å². The van der Waals surface area contributed by atoms with Gasteiger partial charge in [-0.25, -0.2) is 13.6 Å². The number of nitriles is 1. The summed E-state index contributed by atoms with van der Waals surface area (Å²) in [6.07, 6.45) is -1.36. The molecular formula is C19H17F2N3O3. The van der Waals surface area contributed by atoms with Gasteiger partial charge in [-0.3, -0.25) is 4.79 Å². The summed E-state index contributed by atoms with van der Waals surface area (Å²) in [6, 6.07) is 12.6. The van der Waals surface area contributed by atoms with Gasteiger partial charge >= 0.3 is 6.09 Å². The van der Waals surface area contributed by atoms with E-state index in [0.29, 0.717) is 0 Å². The largest absolute Gasteiger partial charge is 0.445 e. The average Bonchev–Trinajstić information content (AvgIpc) is 2.67. The van der Waals surface area contributed by atoms with Crippen LogP contribution in [0.4, 0.5) is 13.6 Å². The predicted octanol–water partition coefficient (Wildman–Crippen LogP) is 2.44. The van der Waals surface area contributed by atoms with Crippen molar-refractivity contribution in [2.24, 2.45) is 0 Å². The van der Waals surface area contributed by atoms with Crippen molar-refractivity contribution in [3.05, 3.63) is 71.3 Å². The number of nitrogens with zero attached hydrogens (tertiary/aromatic N) is 1. The van der Waals surface area contributed by atoms with Crippen LogP contribution in [-0.4, -0.2) is 24.6 Å². The van der Waals surface area contributed by atoms with Crippen LogP contribution in [0.2, 0.25) is 0 Å². The van der Waals surface area contributed by atoms with Crippen molar-refractivity contribution in [3.8, 4) is 6.07 Å². The minimum Gasteiger partial charge on any atom is -0.445 e. The molecule has 0 aromatic heterocycles. The van der Waals surface area contributed by atoms with Crippen molar-refractivity contribution in [1.82, 2.24) is 10.6 Å². The van der Waals surface area contributed by atoms with Gasteiger partial charge in [-0.1, -0.05) is 36.4 Å². The highest BCUT2D eigenvalue weighted by atomic mass is 19.1. The lowest BCUT2D eigenvalue weighted by atomic mass is 10.0. The number of carbonyl (C=O) groups excluding carboxylic acids is 2. The fourth-order valence-electron chi connectivity index (χ4n) is 2.30. The Balaban J connectivity index is 2.06. The normalized spacial score (nSPS) is 11.1. The van der Waals surface area contributed by atoms with Crippen LogP contribution in [0.15, 0.2) is 48.5 Å². The van der Waals surface area contributed by atoms with Crippen LogP contribution in [0, 0.1) is 23.0 Å². The molecule has 1 atom stereocenters. The summed E-state index contributed by atoms with van der Waals surface area (Å²) in [7, 11) is 0. The molecule has 0 heterocycles. The van der Waals surface area contributed by atoms with Crippen LogP contribution in [-0.2, 0) is 22.6 Å². The first-order valence-electron chi connectivity index (χ1n) is 8.06. The second-order valence-corrected chi connectivity index (χ2v) is 5.54. The maximum absolute atomic E-state index is 13.9. The number of rotatable bonds is 7. The number of amides is 2. The predicted molar refractivity (Wildman–Crippen MR) is 92.2 cm³/mol. The van der Waals surface area contributed by atoms with Crippen molar-refractivity contribution in [3.63, 3.8) is 0 Å². The average molecular weight is 373 g/mol. The minimum absolute atomic E-state index is 0.0345. The molecule has 2 aromatic rings. The molecule has 0 fully saturated rings. The van der Waals surface area contributed by atoms with Crippen LogP contribution in [0.5, 0.6) is 0 Å². The lowest BCUT2D eigenvalue weighted by Crippen LogP contribution is -2.48. The van der Waals surface area contributed by atoms with E-state index in [-0.39, 0.29) is 18.7 Å². The summed E-state index contributed by atoms with van der Waals surface area (Å²) in [5.41, 5.74) is 0.385. The van der Waals surface area contributed by atoms with Crippen molar-refractivity contribution in [1.29, 1.82) is 5.26 Å². The summed E-state index contributed by atoms with van der Waals surface area (Å²) >= 11 is 0. The van der Waals surface area contributed by atoms with Crippen molar-refractivity contribution in [2.45, 2.75) is 19.1 Å². The fourth-order valence-corrected chi connectivity index (χ4v) is 2.30. The third-order valence-corrected chi connectivity index (χ3v) is 3.63. The van der Waals surface area contributed by atoms with Crippen LogP contribution >= 0.6 is 0 Å². The highest BCUT2D eigenvalue weighted by molar-refractivity contribution is 5.86. The Morgan fingerprint density at radius 3 is 2.37 bits per heavy atom. The molecule has 0 aliphatic heterocycles. The van der Waals surface area contributed by atoms with Crippen molar-refractivity contribution < 1.29 is 23.1 Å². The summed E-state index contributed by atoms with van der Waals surface area (Å²) in [6.45, 7) is -0.344. The lowest BCUT2D eigenvalue weighted by Gasteiger charge is -2.18. The third-order valence-electron chi connectivity index (χ3n) is 3.63. The molecule has 0 saturated heterocycles. The van der Waals surface area contributed by atoms with E-state index in [1.54, 1.807) is 30.3 Å². The maximum atomic E-state index is 13.9. The zero-order valence-corrected chi connectivity index (χ0v) is 14.2. The Morgan fingerprint density at radius 1 is 1.07 bits per heavy atom. The van der Waals surface area contributed by atoms with E-state index in [2.05, 4.69) is 10.6 Å². The van der Waals surface area contributed by atoms with E-state index in [9.17, 15) is 18.4 Å². The molecule has 2 rings (SSSR count). The molecule has 2 N–H and O–H groups in total. The van der Waals surface area contributed by atoms with Gasteiger partial charge in [-0.2, -0.15) is 5.26 Å². The Kier molecular flexibility index (Phi) is 7.26. The molecule has 8 heteroatoms. The summed E-state index contributed by atoms with van der Waals surface area (Å²) in [5.74, 6) is -2.43. The van der Waals surface area contributed by atoms with E-state index in [1.807, 2.05) is 6.07 Å². The minimum atomic E-state index is -1.31. The van der Waals surface area contributed by atoms with Gasteiger partial charge in [0.15, 0.2) is 0 Å². The molecule has 2 amide bonds. The van der Waals surface area contributed by atoms with Crippen LogP contribution in [0.25, 0.3) is 0 Å². The third kappa shape index (κ3) is 6.08. The Morgan fingerprint density at radius 2 is 1.74 bits per heavy atom. The Bertz CT molecular complexity index is 818. The Labute approximate surface area is 154 Å². The molecule has 0 aliphatic rings. The molecular weight excluding hydrogens is 356 g/mol. The van der Waals surface area contributed by atoms with Gasteiger partial charge in [-0.05, 0) is 17.7 Å². The summed E-state index contributed by atoms with van der Waals surface area (Å²) in [4.78, 5) is 24.2. The molecule has 140 valence electrons. The number of carbonyl (C=O) groups is 2. The molecule has 0 radical (unpaired) electrons. The fraction of sp³-hybridized carbons (Fsp3) is 0.211. The molecule has 0 unspecified atom stereocenters. The van der Waals surface area contributed by atoms with Gasteiger partial charge in [0.1, 0.15) is 30.8 Å². The van der Waals surface area contributed by atoms with Gasteiger partial charge in [-0.15, -0.1) is 0 Å². The lowest BCUT2D eigenvalue weighted by molar-refractivity contribution is -0.122. The van der Waals surface area contributed by atoms with Crippen LogP contribution in [0.3, 0.4) is 0 Å². The molecule has 27 heavy (non-hydrogen) atoms. The second-order valence-electron chi connectivity index (χ2n) is 5.54. The summed E-state index contributed by atoms with van der Waals surface area (Å²) < 4.78 is 32.8. The smallest absolute Gasteiger partial charge is 0.408 e. The molecule has 2 aromatic carbocycles. The van der Waals surface area contributed by atoms with Gasteiger partial charge < -0.3 is 15.4 Å². The van der Waals surface area contributed by atoms with Crippen molar-refractivity contribution >= 4 is 12.0 Å². The molecule has 6 nitrogen and oxygen atoms in total. The first-order chi connectivity index (χ1) is 13.0. The number of alkyl carbamates (subject to hydrolysis) is 1. The first-order valence-corrected chi connectivity index (χ1v) is 8.06. The quantitative estimate of drug-likeness (QED) is 0.730. The summed E-state index contributed by atoms with van der Waals surface area (Å²) in [5, 5.41) is 13.1. The number of nitrogens with one attached hydrogen (secondary N) is 2. The molecule has 0 bridgehead atoms. The van der Waals surface area contributed by atoms with E-state index in [1.165, 1.54) is 6.07 Å². The zero-order chi connectivity index (χ0) is 19.6. The van der Waals surface area contributed by atoms with Crippen molar-refractivity contribution in [2.75, 3.05) is 6.54 Å². The number of benzene rings is 2. The number of halogens is 2. The van der Waals surface area contributed by atoms with E-state index in [0.717, 1.165) is 17.7 Å². The number of hydrogen-bond donors (Lipinski definition) is 2.